The highest BCUT2D eigenvalue weighted by molar-refractivity contribution is 14.1. The normalized spacial score (nSPS) is 26.7. The largest absolute Gasteiger partial charge is 0.452 e. The molecule has 0 aliphatic carbocycles. The predicted octanol–water partition coefficient (Wildman–Crippen LogP) is 5.13. The zero-order chi connectivity index (χ0) is 26.6. The first-order valence-electron chi connectivity index (χ1n) is 11.9. The van der Waals surface area contributed by atoms with Crippen LogP contribution >= 0.6 is 45.2 Å². The third-order valence-corrected chi connectivity index (χ3v) is 8.14. The highest BCUT2D eigenvalue weighted by atomic mass is 127. The van der Waals surface area contributed by atoms with Crippen molar-refractivity contribution in [2.75, 3.05) is 13.7 Å². The molecule has 0 amide bonds. The lowest BCUT2D eigenvalue weighted by atomic mass is 9.97. The van der Waals surface area contributed by atoms with Crippen LogP contribution < -0.4 is 0 Å². The number of hydrogen-bond acceptors (Lipinski definition) is 8. The summed E-state index contributed by atoms with van der Waals surface area (Å²) in [5, 5.41) is 0. The van der Waals surface area contributed by atoms with Crippen LogP contribution in [0.15, 0.2) is 78.9 Å². The molecule has 0 N–H and O–H groups in total. The maximum Gasteiger partial charge on any atom is 0.339 e. The number of halogens is 2. The van der Waals surface area contributed by atoms with Gasteiger partial charge in [0.05, 0.1) is 17.7 Å². The van der Waals surface area contributed by atoms with E-state index in [0.29, 0.717) is 11.1 Å². The van der Waals surface area contributed by atoms with Gasteiger partial charge < -0.3 is 28.4 Å². The van der Waals surface area contributed by atoms with Gasteiger partial charge in [-0.3, -0.25) is 0 Å². The zero-order valence-electron chi connectivity index (χ0n) is 20.2. The van der Waals surface area contributed by atoms with Gasteiger partial charge in [-0.2, -0.15) is 0 Å². The van der Waals surface area contributed by atoms with Crippen molar-refractivity contribution in [3.8, 4) is 0 Å². The van der Waals surface area contributed by atoms with E-state index >= 15 is 0 Å². The number of methoxy groups -OCH3 is 1. The average Bonchev–Trinajstić information content (AvgIpc) is 2.94. The summed E-state index contributed by atoms with van der Waals surface area (Å²) in [5.41, 5.74) is 1.57. The summed E-state index contributed by atoms with van der Waals surface area (Å²) in [5.74, 6) is -1.16. The Morgan fingerprint density at radius 2 is 1.32 bits per heavy atom. The minimum absolute atomic E-state index is 0.165. The maximum absolute atomic E-state index is 13.4. The first kappa shape index (κ1) is 27.5. The number of rotatable bonds is 6. The Labute approximate surface area is 247 Å². The second-order valence-electron chi connectivity index (χ2n) is 8.65. The molecule has 2 aliphatic rings. The fraction of sp³-hybridized carbons (Fsp3) is 0.286. The van der Waals surface area contributed by atoms with Crippen LogP contribution in [0.5, 0.6) is 0 Å². The topological polar surface area (TPSA) is 89.5 Å². The summed E-state index contributed by atoms with van der Waals surface area (Å²) in [6.45, 7) is 0.165. The number of fused-ring (bicyclic) bond motifs is 1. The second-order valence-corrected chi connectivity index (χ2v) is 11.0. The van der Waals surface area contributed by atoms with E-state index in [4.69, 9.17) is 28.4 Å². The van der Waals surface area contributed by atoms with Crippen LogP contribution in [0.2, 0.25) is 0 Å². The van der Waals surface area contributed by atoms with Gasteiger partial charge in [0.2, 0.25) is 0 Å². The molecule has 198 valence electrons. The molecule has 10 heteroatoms. The van der Waals surface area contributed by atoms with Crippen LogP contribution in [-0.4, -0.2) is 56.4 Å². The third kappa shape index (κ3) is 5.89. The first-order chi connectivity index (χ1) is 18.5. The first-order valence-corrected chi connectivity index (χ1v) is 14.0. The minimum atomic E-state index is -1.11. The molecule has 3 aromatic carbocycles. The molecule has 2 heterocycles. The Morgan fingerprint density at radius 3 is 1.89 bits per heavy atom. The van der Waals surface area contributed by atoms with Crippen LogP contribution in [0.3, 0.4) is 0 Å². The molecule has 2 fully saturated rings. The summed E-state index contributed by atoms with van der Waals surface area (Å²) in [4.78, 5) is 26.6. The number of hydrogen-bond donors (Lipinski definition) is 0. The van der Waals surface area contributed by atoms with Crippen molar-refractivity contribution in [2.45, 2.75) is 37.0 Å². The Bertz CT molecular complexity index is 1290. The molecule has 2 aliphatic heterocycles. The number of benzene rings is 3. The van der Waals surface area contributed by atoms with E-state index in [2.05, 4.69) is 45.2 Å². The Kier molecular flexibility index (Phi) is 8.95. The Hall–Kier alpha value is -2.10. The molecule has 0 bridgehead atoms. The van der Waals surface area contributed by atoms with E-state index in [1.165, 1.54) is 7.11 Å². The molecule has 38 heavy (non-hydrogen) atoms. The summed E-state index contributed by atoms with van der Waals surface area (Å²) in [6.07, 6.45) is -5.30. The van der Waals surface area contributed by atoms with Crippen LogP contribution in [0.1, 0.15) is 32.6 Å². The van der Waals surface area contributed by atoms with Crippen LogP contribution in [0.25, 0.3) is 0 Å². The SMILES string of the molecule is CO[C@H]1O[C@@H]2COC(c3ccccc3)O[C@H]2[C@H](OC(=O)c2ccccc2I)[C@H]1OC(=O)c1ccccc1I. The smallest absolute Gasteiger partial charge is 0.339 e. The molecule has 8 nitrogen and oxygen atoms in total. The molecule has 0 aromatic heterocycles. The molecule has 5 rings (SSSR count). The van der Waals surface area contributed by atoms with Crippen LogP contribution in [0.4, 0.5) is 0 Å². The highest BCUT2D eigenvalue weighted by Gasteiger charge is 2.54. The van der Waals surface area contributed by atoms with Gasteiger partial charge in [0.15, 0.2) is 24.8 Å². The molecular weight excluding hydrogens is 718 g/mol. The molecular formula is C28H24I2O8. The van der Waals surface area contributed by atoms with Crippen molar-refractivity contribution >= 4 is 57.1 Å². The van der Waals surface area contributed by atoms with E-state index in [1.54, 1.807) is 30.3 Å². The van der Waals surface area contributed by atoms with E-state index < -0.39 is 48.9 Å². The van der Waals surface area contributed by atoms with Crippen molar-refractivity contribution in [3.63, 3.8) is 0 Å². The summed E-state index contributed by atoms with van der Waals surface area (Å²) >= 11 is 4.15. The number of ether oxygens (including phenoxy) is 6. The van der Waals surface area contributed by atoms with E-state index in [9.17, 15) is 9.59 Å². The Morgan fingerprint density at radius 1 is 0.763 bits per heavy atom. The summed E-state index contributed by atoms with van der Waals surface area (Å²) in [7, 11) is 1.44. The number of carbonyl (C=O) groups is 2. The number of carbonyl (C=O) groups excluding carboxylic acids is 2. The van der Waals surface area contributed by atoms with Gasteiger partial charge in [0, 0.05) is 19.8 Å². The van der Waals surface area contributed by atoms with Gasteiger partial charge in [-0.25, -0.2) is 9.59 Å². The van der Waals surface area contributed by atoms with Gasteiger partial charge in [-0.05, 0) is 69.4 Å². The Balaban J connectivity index is 1.48. The molecule has 0 spiro atoms. The third-order valence-electron chi connectivity index (χ3n) is 6.26. The van der Waals surface area contributed by atoms with E-state index in [0.717, 1.165) is 12.7 Å². The second kappa shape index (κ2) is 12.4. The summed E-state index contributed by atoms with van der Waals surface area (Å²) in [6, 6.07) is 23.6. The van der Waals surface area contributed by atoms with Gasteiger partial charge in [-0.15, -0.1) is 0 Å². The zero-order valence-corrected chi connectivity index (χ0v) is 24.5. The molecule has 6 atom stereocenters. The minimum Gasteiger partial charge on any atom is -0.452 e. The van der Waals surface area contributed by atoms with E-state index in [-0.39, 0.29) is 6.61 Å². The fourth-order valence-electron chi connectivity index (χ4n) is 4.40. The number of esters is 2. The monoisotopic (exact) mass is 742 g/mol. The molecule has 3 aromatic rings. The van der Waals surface area contributed by atoms with Crippen LogP contribution in [0, 0.1) is 7.14 Å². The lowest BCUT2D eigenvalue weighted by molar-refractivity contribution is -0.356. The summed E-state index contributed by atoms with van der Waals surface area (Å²) < 4.78 is 37.4. The van der Waals surface area contributed by atoms with Crippen molar-refractivity contribution in [1.82, 2.24) is 0 Å². The van der Waals surface area contributed by atoms with Crippen molar-refractivity contribution in [3.05, 3.63) is 103 Å². The lowest BCUT2D eigenvalue weighted by Gasteiger charge is -2.47. The van der Waals surface area contributed by atoms with E-state index in [1.807, 2.05) is 48.5 Å². The molecule has 0 radical (unpaired) electrons. The van der Waals surface area contributed by atoms with Gasteiger partial charge in [0.1, 0.15) is 12.2 Å². The van der Waals surface area contributed by atoms with Crippen molar-refractivity contribution in [2.24, 2.45) is 0 Å². The predicted molar refractivity (Wildman–Crippen MR) is 152 cm³/mol. The molecule has 0 saturated carbocycles. The maximum atomic E-state index is 13.4. The molecule has 1 unspecified atom stereocenters. The van der Waals surface area contributed by atoms with Crippen LogP contribution in [-0.2, 0) is 28.4 Å². The van der Waals surface area contributed by atoms with Crippen molar-refractivity contribution in [1.29, 1.82) is 0 Å². The fourth-order valence-corrected chi connectivity index (χ4v) is 5.62. The standard InChI is InChI=1S/C28H24I2O8/c1-33-28-24(37-26(32)18-12-6-8-14-20(18)30)23(36-25(31)17-11-5-7-13-19(17)29)22-21(35-28)15-34-27(38-22)16-9-3-2-4-10-16/h2-14,21-24,27-28H,15H2,1H3/t21-,22-,23+,24-,27?,28+/m1/s1. The van der Waals surface area contributed by atoms with Gasteiger partial charge in [0.25, 0.3) is 0 Å². The average molecular weight is 742 g/mol. The highest BCUT2D eigenvalue weighted by Crippen LogP contribution is 2.37. The lowest BCUT2D eigenvalue weighted by Crippen LogP contribution is -2.64. The van der Waals surface area contributed by atoms with Crippen molar-refractivity contribution < 1.29 is 38.0 Å². The quantitative estimate of drug-likeness (QED) is 0.254. The van der Waals surface area contributed by atoms with Gasteiger partial charge >= 0.3 is 11.9 Å². The van der Waals surface area contributed by atoms with Gasteiger partial charge in [-0.1, -0.05) is 54.6 Å². The molecule has 2 saturated heterocycles.